The molecule has 0 fully saturated rings. The molecule has 0 saturated heterocycles. The highest BCUT2D eigenvalue weighted by Crippen LogP contribution is 2.25. The minimum absolute atomic E-state index is 0.230. The molecule has 0 aliphatic carbocycles. The van der Waals surface area contributed by atoms with Crippen LogP contribution in [0.1, 0.15) is 18.6 Å². The van der Waals surface area contributed by atoms with Crippen molar-refractivity contribution in [2.45, 2.75) is 13.0 Å². The highest BCUT2D eigenvalue weighted by Gasteiger charge is 2.19. The van der Waals surface area contributed by atoms with Gasteiger partial charge in [0.05, 0.1) is 12.3 Å². The quantitative estimate of drug-likeness (QED) is 0.864. The third-order valence-corrected chi connectivity index (χ3v) is 3.10. The molecular formula is C12H12BrN3O3. The third kappa shape index (κ3) is 2.99. The normalized spacial score (nSPS) is 12.2. The van der Waals surface area contributed by atoms with E-state index in [9.17, 15) is 9.90 Å². The molecule has 1 unspecified atom stereocenters. The Bertz CT molecular complexity index is 572. The molecule has 100 valence electrons. The lowest BCUT2D eigenvalue weighted by atomic mass is 10.1. The van der Waals surface area contributed by atoms with Crippen LogP contribution < -0.4 is 0 Å². The van der Waals surface area contributed by atoms with Gasteiger partial charge < -0.3 is 9.84 Å². The van der Waals surface area contributed by atoms with Gasteiger partial charge in [0.1, 0.15) is 12.7 Å². The minimum Gasteiger partial charge on any atom is -0.464 e. The van der Waals surface area contributed by atoms with E-state index in [1.165, 1.54) is 6.33 Å². The van der Waals surface area contributed by atoms with Gasteiger partial charge in [-0.3, -0.25) is 0 Å². The maximum absolute atomic E-state index is 11.5. The smallest absolute Gasteiger partial charge is 0.339 e. The number of carbonyl (C=O) groups excluding carboxylic acids is 1. The zero-order chi connectivity index (χ0) is 13.8. The Morgan fingerprint density at radius 3 is 2.95 bits per heavy atom. The fourth-order valence-corrected chi connectivity index (χ4v) is 2.15. The number of nitrogens with zero attached hydrogens (tertiary/aromatic N) is 3. The molecule has 1 atom stereocenters. The monoisotopic (exact) mass is 325 g/mol. The van der Waals surface area contributed by atoms with Crippen LogP contribution in [0.4, 0.5) is 0 Å². The third-order valence-electron chi connectivity index (χ3n) is 2.46. The van der Waals surface area contributed by atoms with Crippen LogP contribution in [0.15, 0.2) is 35.3 Å². The molecule has 1 heterocycles. The van der Waals surface area contributed by atoms with Gasteiger partial charge in [-0.15, -0.1) is 0 Å². The molecule has 0 bridgehead atoms. The Hall–Kier alpha value is -1.73. The van der Waals surface area contributed by atoms with Gasteiger partial charge in [-0.05, 0) is 40.5 Å². The van der Waals surface area contributed by atoms with Gasteiger partial charge in [-0.25, -0.2) is 14.5 Å². The summed E-state index contributed by atoms with van der Waals surface area (Å²) in [7, 11) is 0. The molecule has 2 rings (SSSR count). The molecule has 0 aliphatic heterocycles. The number of ether oxygens (including phenoxy) is 1. The van der Waals surface area contributed by atoms with Gasteiger partial charge in [0.15, 0.2) is 6.10 Å². The van der Waals surface area contributed by atoms with Gasteiger partial charge in [0.25, 0.3) is 0 Å². The first kappa shape index (κ1) is 13.7. The lowest BCUT2D eigenvalue weighted by Gasteiger charge is -2.12. The van der Waals surface area contributed by atoms with Crippen LogP contribution in [0.25, 0.3) is 5.69 Å². The van der Waals surface area contributed by atoms with Crippen molar-refractivity contribution in [3.05, 3.63) is 40.9 Å². The predicted octanol–water partition coefficient (Wildman–Crippen LogP) is 1.63. The highest BCUT2D eigenvalue weighted by atomic mass is 79.9. The summed E-state index contributed by atoms with van der Waals surface area (Å²) in [6.07, 6.45) is 1.69. The van der Waals surface area contributed by atoms with E-state index >= 15 is 0 Å². The second-order valence-corrected chi connectivity index (χ2v) is 4.56. The molecule has 0 aliphatic rings. The average molecular weight is 326 g/mol. The number of rotatable bonds is 4. The van der Waals surface area contributed by atoms with E-state index in [0.29, 0.717) is 10.0 Å². The number of benzene rings is 1. The Morgan fingerprint density at radius 2 is 2.37 bits per heavy atom. The van der Waals surface area contributed by atoms with E-state index < -0.39 is 12.1 Å². The number of hydrogen-bond acceptors (Lipinski definition) is 5. The number of aliphatic hydroxyl groups excluding tert-OH is 1. The first-order valence-corrected chi connectivity index (χ1v) is 6.42. The molecular weight excluding hydrogens is 314 g/mol. The first-order chi connectivity index (χ1) is 9.13. The Labute approximate surface area is 118 Å². The summed E-state index contributed by atoms with van der Waals surface area (Å²) < 4.78 is 7.04. The van der Waals surface area contributed by atoms with Gasteiger partial charge in [0.2, 0.25) is 0 Å². The van der Waals surface area contributed by atoms with Crippen molar-refractivity contribution in [3.8, 4) is 5.69 Å². The van der Waals surface area contributed by atoms with Crippen LogP contribution in [0.5, 0.6) is 0 Å². The van der Waals surface area contributed by atoms with Crippen LogP contribution in [0, 0.1) is 0 Å². The Morgan fingerprint density at radius 1 is 1.58 bits per heavy atom. The molecule has 19 heavy (non-hydrogen) atoms. The van der Waals surface area contributed by atoms with Gasteiger partial charge >= 0.3 is 5.97 Å². The van der Waals surface area contributed by atoms with Gasteiger partial charge in [-0.1, -0.05) is 6.07 Å². The first-order valence-electron chi connectivity index (χ1n) is 5.62. The van der Waals surface area contributed by atoms with Crippen molar-refractivity contribution < 1.29 is 14.6 Å². The standard InChI is InChI=1S/C12H12BrN3O3/c1-2-19-12(18)11(17)8-3-4-10(9(13)5-8)16-7-14-6-15-16/h3-7,11,17H,2H2,1H3. The molecule has 0 spiro atoms. The van der Waals surface area contributed by atoms with Crippen molar-refractivity contribution in [2.75, 3.05) is 6.61 Å². The average Bonchev–Trinajstić information content (AvgIpc) is 2.91. The molecule has 1 N–H and O–H groups in total. The van der Waals surface area contributed by atoms with Crippen molar-refractivity contribution in [1.29, 1.82) is 0 Å². The molecule has 1 aromatic carbocycles. The topological polar surface area (TPSA) is 77.2 Å². The zero-order valence-electron chi connectivity index (χ0n) is 10.2. The zero-order valence-corrected chi connectivity index (χ0v) is 11.7. The highest BCUT2D eigenvalue weighted by molar-refractivity contribution is 9.10. The van der Waals surface area contributed by atoms with Gasteiger partial charge in [-0.2, -0.15) is 5.10 Å². The Balaban J connectivity index is 2.26. The number of esters is 1. The summed E-state index contributed by atoms with van der Waals surface area (Å²) in [5.41, 5.74) is 1.21. The van der Waals surface area contributed by atoms with Crippen LogP contribution in [-0.4, -0.2) is 32.4 Å². The summed E-state index contributed by atoms with van der Waals surface area (Å²) in [5.74, 6) is -0.664. The SMILES string of the molecule is CCOC(=O)C(O)c1ccc(-n2cncn2)c(Br)c1. The van der Waals surface area contributed by atoms with E-state index in [1.807, 2.05) is 0 Å². The number of hydrogen-bond donors (Lipinski definition) is 1. The molecule has 1 aromatic heterocycles. The molecule has 2 aromatic rings. The largest absolute Gasteiger partial charge is 0.464 e. The fraction of sp³-hybridized carbons (Fsp3) is 0.250. The summed E-state index contributed by atoms with van der Waals surface area (Å²) in [6.45, 7) is 1.92. The maximum Gasteiger partial charge on any atom is 0.339 e. The lowest BCUT2D eigenvalue weighted by Crippen LogP contribution is -2.15. The molecule has 7 heteroatoms. The van der Waals surface area contributed by atoms with Crippen molar-refractivity contribution in [1.82, 2.24) is 14.8 Å². The van der Waals surface area contributed by atoms with E-state index in [-0.39, 0.29) is 6.61 Å². The predicted molar refractivity (Wildman–Crippen MR) is 70.7 cm³/mol. The minimum atomic E-state index is -1.29. The lowest BCUT2D eigenvalue weighted by molar-refractivity contribution is -0.153. The molecule has 6 nitrogen and oxygen atoms in total. The van der Waals surface area contributed by atoms with E-state index in [2.05, 4.69) is 26.0 Å². The van der Waals surface area contributed by atoms with Crippen LogP contribution in [-0.2, 0) is 9.53 Å². The van der Waals surface area contributed by atoms with E-state index in [0.717, 1.165) is 5.69 Å². The van der Waals surface area contributed by atoms with Gasteiger partial charge in [0, 0.05) is 4.47 Å². The number of halogens is 1. The van der Waals surface area contributed by atoms with E-state index in [4.69, 9.17) is 4.74 Å². The van der Waals surface area contributed by atoms with Crippen molar-refractivity contribution >= 4 is 21.9 Å². The number of aromatic nitrogens is 3. The molecule has 0 amide bonds. The summed E-state index contributed by atoms with van der Waals surface area (Å²) >= 11 is 3.37. The van der Waals surface area contributed by atoms with Crippen LogP contribution >= 0.6 is 15.9 Å². The van der Waals surface area contributed by atoms with Crippen molar-refractivity contribution in [3.63, 3.8) is 0 Å². The summed E-state index contributed by atoms with van der Waals surface area (Å²) in [4.78, 5) is 15.3. The number of aliphatic hydroxyl groups is 1. The maximum atomic E-state index is 11.5. The summed E-state index contributed by atoms with van der Waals surface area (Å²) in [5, 5.41) is 13.8. The van der Waals surface area contributed by atoms with Crippen LogP contribution in [0.3, 0.4) is 0 Å². The Kier molecular flexibility index (Phi) is 4.28. The van der Waals surface area contributed by atoms with Crippen LogP contribution in [0.2, 0.25) is 0 Å². The van der Waals surface area contributed by atoms with E-state index in [1.54, 1.807) is 36.1 Å². The summed E-state index contributed by atoms with van der Waals surface area (Å²) in [6, 6.07) is 5.03. The number of carbonyl (C=O) groups is 1. The molecule has 0 radical (unpaired) electrons. The second kappa shape index (κ2) is 5.94. The fourth-order valence-electron chi connectivity index (χ4n) is 1.57. The second-order valence-electron chi connectivity index (χ2n) is 3.71. The van der Waals surface area contributed by atoms with Crippen molar-refractivity contribution in [2.24, 2.45) is 0 Å². The molecule has 0 saturated carbocycles.